The third-order valence-corrected chi connectivity index (χ3v) is 4.66. The molecular weight excluding hydrogens is 248 g/mol. The highest BCUT2D eigenvalue weighted by molar-refractivity contribution is 5.94. The van der Waals surface area contributed by atoms with Gasteiger partial charge in [-0.05, 0) is 50.2 Å². The first kappa shape index (κ1) is 13.5. The van der Waals surface area contributed by atoms with Gasteiger partial charge in [-0.25, -0.2) is 4.79 Å². The molecule has 1 fully saturated rings. The minimum Gasteiger partial charge on any atom is -0.324 e. The number of piperidine rings is 1. The highest BCUT2D eigenvalue weighted by atomic mass is 16.2. The van der Waals surface area contributed by atoms with Gasteiger partial charge in [-0.1, -0.05) is 25.1 Å². The molecule has 2 amide bonds. The number of carbonyl (C=O) groups is 1. The van der Waals surface area contributed by atoms with Crippen molar-refractivity contribution in [2.24, 2.45) is 5.92 Å². The number of hydrogen-bond acceptors (Lipinski definition) is 1. The Balaban J connectivity index is 1.86. The van der Waals surface area contributed by atoms with E-state index in [4.69, 9.17) is 0 Å². The summed E-state index contributed by atoms with van der Waals surface area (Å²) in [5, 5.41) is 0. The molecular formula is C17H24N2O. The molecule has 2 atom stereocenters. The van der Waals surface area contributed by atoms with Crippen molar-refractivity contribution in [2.75, 3.05) is 18.0 Å². The summed E-state index contributed by atoms with van der Waals surface area (Å²) in [4.78, 5) is 17.0. The minimum atomic E-state index is 0.205. The fourth-order valence-corrected chi connectivity index (χ4v) is 3.50. The van der Waals surface area contributed by atoms with Gasteiger partial charge in [-0.3, -0.25) is 4.90 Å². The lowest BCUT2D eigenvalue weighted by molar-refractivity contribution is 0.173. The summed E-state index contributed by atoms with van der Waals surface area (Å²) in [5.74, 6) is 0.628. The van der Waals surface area contributed by atoms with Gasteiger partial charge in [0.2, 0.25) is 0 Å². The Hall–Kier alpha value is -1.51. The monoisotopic (exact) mass is 272 g/mol. The maximum atomic E-state index is 12.9. The quantitative estimate of drug-likeness (QED) is 0.706. The highest BCUT2D eigenvalue weighted by Crippen LogP contribution is 2.32. The lowest BCUT2D eigenvalue weighted by atomic mass is 9.96. The lowest BCUT2D eigenvalue weighted by Gasteiger charge is -2.40. The molecule has 1 aromatic rings. The van der Waals surface area contributed by atoms with Crippen molar-refractivity contribution >= 4 is 11.7 Å². The number of hydrogen-bond donors (Lipinski definition) is 0. The number of anilines is 1. The summed E-state index contributed by atoms with van der Waals surface area (Å²) in [6.45, 7) is 6.23. The molecule has 3 nitrogen and oxygen atoms in total. The van der Waals surface area contributed by atoms with Crippen molar-refractivity contribution in [3.8, 4) is 0 Å². The standard InChI is InChI=1S/C17H24N2O/c1-13-6-5-11-18(12-13)17(20)19-14(2)9-10-15-7-3-4-8-16(15)19/h3-4,7-8,13-14H,5-6,9-12H2,1-2H3. The number of rotatable bonds is 0. The Morgan fingerprint density at radius 2 is 2.00 bits per heavy atom. The number of benzene rings is 1. The lowest BCUT2D eigenvalue weighted by Crippen LogP contribution is -2.52. The van der Waals surface area contributed by atoms with E-state index in [9.17, 15) is 4.79 Å². The zero-order chi connectivity index (χ0) is 14.1. The van der Waals surface area contributed by atoms with Gasteiger partial charge in [0.05, 0.1) is 0 Å². The van der Waals surface area contributed by atoms with Gasteiger partial charge in [-0.2, -0.15) is 0 Å². The highest BCUT2D eigenvalue weighted by Gasteiger charge is 2.32. The number of aryl methyl sites for hydroxylation is 1. The van der Waals surface area contributed by atoms with Crippen molar-refractivity contribution < 1.29 is 4.79 Å². The van der Waals surface area contributed by atoms with Gasteiger partial charge >= 0.3 is 6.03 Å². The summed E-state index contributed by atoms with van der Waals surface area (Å²) < 4.78 is 0. The molecule has 0 aliphatic carbocycles. The summed E-state index contributed by atoms with van der Waals surface area (Å²) in [5.41, 5.74) is 2.43. The van der Waals surface area contributed by atoms with E-state index in [0.717, 1.165) is 38.0 Å². The van der Waals surface area contributed by atoms with Crippen molar-refractivity contribution in [1.82, 2.24) is 4.90 Å². The van der Waals surface area contributed by atoms with Gasteiger partial charge in [0.25, 0.3) is 0 Å². The molecule has 2 aliphatic rings. The summed E-state index contributed by atoms with van der Waals surface area (Å²) >= 11 is 0. The van der Waals surface area contributed by atoms with Crippen LogP contribution in [0, 0.1) is 5.92 Å². The van der Waals surface area contributed by atoms with E-state index in [0.29, 0.717) is 12.0 Å². The number of para-hydroxylation sites is 1. The largest absolute Gasteiger partial charge is 0.324 e. The molecule has 20 heavy (non-hydrogen) atoms. The Labute approximate surface area is 121 Å². The van der Waals surface area contributed by atoms with E-state index in [1.54, 1.807) is 0 Å². The Bertz CT molecular complexity index is 500. The predicted octanol–water partition coefficient (Wildman–Crippen LogP) is 3.68. The SMILES string of the molecule is CC1CCCN(C(=O)N2c3ccccc3CCC2C)C1. The fourth-order valence-electron chi connectivity index (χ4n) is 3.50. The second kappa shape index (κ2) is 5.47. The molecule has 2 heterocycles. The summed E-state index contributed by atoms with van der Waals surface area (Å²) in [6.07, 6.45) is 4.52. The van der Waals surface area contributed by atoms with E-state index < -0.39 is 0 Å². The molecule has 3 rings (SSSR count). The second-order valence-electron chi connectivity index (χ2n) is 6.36. The smallest absolute Gasteiger partial charge is 0.324 e. The number of carbonyl (C=O) groups excluding carboxylic acids is 1. The van der Waals surface area contributed by atoms with Gasteiger partial charge in [0, 0.05) is 24.8 Å². The van der Waals surface area contributed by atoms with E-state index in [2.05, 4.69) is 32.0 Å². The van der Waals surface area contributed by atoms with Crippen LogP contribution in [0.25, 0.3) is 0 Å². The molecule has 1 aromatic carbocycles. The van der Waals surface area contributed by atoms with Crippen LogP contribution in [0.4, 0.5) is 10.5 Å². The van der Waals surface area contributed by atoms with Crippen LogP contribution in [0.5, 0.6) is 0 Å². The number of urea groups is 1. The minimum absolute atomic E-state index is 0.205. The van der Waals surface area contributed by atoms with Crippen LogP contribution < -0.4 is 4.90 Å². The summed E-state index contributed by atoms with van der Waals surface area (Å²) in [6, 6.07) is 8.86. The van der Waals surface area contributed by atoms with E-state index in [-0.39, 0.29) is 6.03 Å². The average Bonchev–Trinajstić information content (AvgIpc) is 2.46. The molecule has 1 saturated heterocycles. The van der Waals surface area contributed by atoms with E-state index in [1.165, 1.54) is 12.0 Å². The normalized spacial score (nSPS) is 26.3. The average molecular weight is 272 g/mol. The van der Waals surface area contributed by atoms with Crippen LogP contribution in [0.15, 0.2) is 24.3 Å². The maximum Gasteiger partial charge on any atom is 0.324 e. The predicted molar refractivity (Wildman–Crippen MR) is 82.1 cm³/mol. The first-order chi connectivity index (χ1) is 9.66. The van der Waals surface area contributed by atoms with Gasteiger partial charge in [0.15, 0.2) is 0 Å². The first-order valence-electron chi connectivity index (χ1n) is 7.83. The third kappa shape index (κ3) is 2.41. The van der Waals surface area contributed by atoms with Gasteiger partial charge in [0.1, 0.15) is 0 Å². The van der Waals surface area contributed by atoms with E-state index >= 15 is 0 Å². The second-order valence-corrected chi connectivity index (χ2v) is 6.36. The van der Waals surface area contributed by atoms with Crippen molar-refractivity contribution in [2.45, 2.75) is 45.6 Å². The van der Waals surface area contributed by atoms with Crippen LogP contribution >= 0.6 is 0 Å². The number of fused-ring (bicyclic) bond motifs is 1. The molecule has 0 saturated carbocycles. The van der Waals surface area contributed by atoms with Crippen LogP contribution in [-0.2, 0) is 6.42 Å². The van der Waals surface area contributed by atoms with Gasteiger partial charge in [-0.15, -0.1) is 0 Å². The molecule has 108 valence electrons. The Morgan fingerprint density at radius 1 is 1.20 bits per heavy atom. The zero-order valence-electron chi connectivity index (χ0n) is 12.5. The molecule has 0 bridgehead atoms. The zero-order valence-corrected chi connectivity index (χ0v) is 12.5. The molecule has 0 radical (unpaired) electrons. The topological polar surface area (TPSA) is 23.6 Å². The first-order valence-corrected chi connectivity index (χ1v) is 7.83. The van der Waals surface area contributed by atoms with Crippen LogP contribution in [0.2, 0.25) is 0 Å². The number of amides is 2. The maximum absolute atomic E-state index is 12.9. The van der Waals surface area contributed by atoms with Crippen LogP contribution in [0.1, 0.15) is 38.7 Å². The van der Waals surface area contributed by atoms with Crippen molar-refractivity contribution in [3.05, 3.63) is 29.8 Å². The van der Waals surface area contributed by atoms with Gasteiger partial charge < -0.3 is 4.90 Å². The van der Waals surface area contributed by atoms with Crippen molar-refractivity contribution in [3.63, 3.8) is 0 Å². The molecule has 0 spiro atoms. The fraction of sp³-hybridized carbons (Fsp3) is 0.588. The van der Waals surface area contributed by atoms with E-state index in [1.807, 2.05) is 15.9 Å². The van der Waals surface area contributed by atoms with Crippen LogP contribution in [0.3, 0.4) is 0 Å². The third-order valence-electron chi connectivity index (χ3n) is 4.66. The number of likely N-dealkylation sites (tertiary alicyclic amines) is 1. The summed E-state index contributed by atoms with van der Waals surface area (Å²) in [7, 11) is 0. The van der Waals surface area contributed by atoms with Crippen LogP contribution in [-0.4, -0.2) is 30.1 Å². The Kier molecular flexibility index (Phi) is 3.68. The molecule has 0 aromatic heterocycles. The Morgan fingerprint density at radius 3 is 2.80 bits per heavy atom. The molecule has 0 N–H and O–H groups in total. The number of nitrogens with zero attached hydrogens (tertiary/aromatic N) is 2. The molecule has 3 heteroatoms. The van der Waals surface area contributed by atoms with Crippen molar-refractivity contribution in [1.29, 1.82) is 0 Å². The molecule has 2 aliphatic heterocycles. The molecule has 2 unspecified atom stereocenters.